The second-order valence-corrected chi connectivity index (χ2v) is 4.52. The summed E-state index contributed by atoms with van der Waals surface area (Å²) < 4.78 is 1.71. The van der Waals surface area contributed by atoms with Crippen LogP contribution in [0, 0.1) is 0 Å². The number of nitrogens with one attached hydrogen (secondary N) is 1. The van der Waals surface area contributed by atoms with Crippen molar-refractivity contribution in [3.05, 3.63) is 29.6 Å². The average molecular weight is 259 g/mol. The van der Waals surface area contributed by atoms with Gasteiger partial charge in [0.1, 0.15) is 0 Å². The molecule has 2 heterocycles. The smallest absolute Gasteiger partial charge is 0.235 e. The van der Waals surface area contributed by atoms with E-state index in [4.69, 9.17) is 0 Å². The van der Waals surface area contributed by atoms with Crippen LogP contribution in [-0.4, -0.2) is 21.6 Å². The maximum Gasteiger partial charge on any atom is 0.235 e. The van der Waals surface area contributed by atoms with Gasteiger partial charge < -0.3 is 0 Å². The van der Waals surface area contributed by atoms with Crippen LogP contribution in [0.4, 0.5) is 0 Å². The van der Waals surface area contributed by atoms with Crippen LogP contribution in [0.3, 0.4) is 0 Å². The SMILES string of the molecule is C=Cc1c(/C=C\C)c(C2CCC(=O)NC2=O)nn1C. The minimum Gasteiger partial charge on any atom is -0.296 e. The van der Waals surface area contributed by atoms with Gasteiger partial charge in [0.2, 0.25) is 11.8 Å². The van der Waals surface area contributed by atoms with Crippen molar-refractivity contribution >= 4 is 24.0 Å². The summed E-state index contributed by atoms with van der Waals surface area (Å²) in [5.41, 5.74) is 2.48. The Hall–Kier alpha value is -2.17. The molecule has 1 aliphatic heterocycles. The Bertz CT molecular complexity index is 569. The summed E-state index contributed by atoms with van der Waals surface area (Å²) in [6, 6.07) is 0. The Morgan fingerprint density at radius 1 is 1.47 bits per heavy atom. The van der Waals surface area contributed by atoms with Crippen molar-refractivity contribution in [1.29, 1.82) is 0 Å². The largest absolute Gasteiger partial charge is 0.296 e. The van der Waals surface area contributed by atoms with Crippen LogP contribution in [-0.2, 0) is 16.6 Å². The first-order chi connectivity index (χ1) is 9.08. The molecule has 19 heavy (non-hydrogen) atoms. The van der Waals surface area contributed by atoms with Gasteiger partial charge in [0.25, 0.3) is 0 Å². The van der Waals surface area contributed by atoms with Gasteiger partial charge in [0, 0.05) is 19.0 Å². The van der Waals surface area contributed by atoms with E-state index in [1.807, 2.05) is 26.1 Å². The van der Waals surface area contributed by atoms with E-state index in [2.05, 4.69) is 17.0 Å². The zero-order valence-electron chi connectivity index (χ0n) is 11.1. The number of rotatable bonds is 3. The third kappa shape index (κ3) is 2.36. The van der Waals surface area contributed by atoms with E-state index < -0.39 is 0 Å². The van der Waals surface area contributed by atoms with Crippen LogP contribution >= 0.6 is 0 Å². The highest BCUT2D eigenvalue weighted by Gasteiger charge is 2.32. The van der Waals surface area contributed by atoms with E-state index in [1.165, 1.54) is 0 Å². The van der Waals surface area contributed by atoms with Crippen molar-refractivity contribution in [1.82, 2.24) is 15.1 Å². The van der Waals surface area contributed by atoms with Gasteiger partial charge in [-0.1, -0.05) is 18.7 Å². The number of aromatic nitrogens is 2. The van der Waals surface area contributed by atoms with Crippen LogP contribution in [0.2, 0.25) is 0 Å². The number of imide groups is 1. The summed E-state index contributed by atoms with van der Waals surface area (Å²) in [7, 11) is 1.82. The second kappa shape index (κ2) is 5.22. The highest BCUT2D eigenvalue weighted by molar-refractivity contribution is 6.01. The molecule has 0 spiro atoms. The Morgan fingerprint density at radius 3 is 2.79 bits per heavy atom. The van der Waals surface area contributed by atoms with E-state index in [1.54, 1.807) is 10.8 Å². The molecule has 1 unspecified atom stereocenters. The molecule has 1 aromatic heterocycles. The summed E-state index contributed by atoms with van der Waals surface area (Å²) in [5.74, 6) is -0.853. The number of carbonyl (C=O) groups excluding carboxylic acids is 2. The fourth-order valence-corrected chi connectivity index (χ4v) is 2.37. The van der Waals surface area contributed by atoms with E-state index >= 15 is 0 Å². The van der Waals surface area contributed by atoms with Gasteiger partial charge in [0.15, 0.2) is 0 Å². The Kier molecular flexibility index (Phi) is 3.64. The van der Waals surface area contributed by atoms with Crippen molar-refractivity contribution < 1.29 is 9.59 Å². The molecule has 1 aliphatic rings. The molecule has 0 aromatic carbocycles. The maximum absolute atomic E-state index is 11.9. The van der Waals surface area contributed by atoms with Crippen LogP contribution in [0.5, 0.6) is 0 Å². The minimum atomic E-state index is -0.371. The molecule has 0 aliphatic carbocycles. The van der Waals surface area contributed by atoms with Gasteiger partial charge >= 0.3 is 0 Å². The van der Waals surface area contributed by atoms with Gasteiger partial charge in [-0.05, 0) is 19.4 Å². The molecule has 2 amide bonds. The molecule has 1 atom stereocenters. The lowest BCUT2D eigenvalue weighted by molar-refractivity contribution is -0.134. The molecule has 0 bridgehead atoms. The molecule has 0 saturated carbocycles. The molecule has 1 aromatic rings. The molecule has 1 N–H and O–H groups in total. The standard InChI is InChI=1S/C14H17N3O2/c1-4-6-9-11(5-2)17(3)16-13(9)10-7-8-12(18)15-14(10)19/h4-6,10H,2,7-8H2,1,3H3,(H,15,18,19)/b6-4-. The van der Waals surface area contributed by atoms with Crippen LogP contribution < -0.4 is 5.32 Å². The Morgan fingerprint density at radius 2 is 2.21 bits per heavy atom. The summed E-state index contributed by atoms with van der Waals surface area (Å²) >= 11 is 0. The molecule has 0 radical (unpaired) electrons. The summed E-state index contributed by atoms with van der Waals surface area (Å²) in [6.07, 6.45) is 6.40. The number of hydrogen-bond donors (Lipinski definition) is 1. The van der Waals surface area contributed by atoms with Gasteiger partial charge in [-0.25, -0.2) is 0 Å². The first kappa shape index (κ1) is 13.3. The molecule has 100 valence electrons. The fraction of sp³-hybridized carbons (Fsp3) is 0.357. The predicted molar refractivity (Wildman–Crippen MR) is 73.1 cm³/mol. The van der Waals surface area contributed by atoms with E-state index in [0.717, 1.165) is 11.3 Å². The lowest BCUT2D eigenvalue weighted by Crippen LogP contribution is -2.39. The van der Waals surface area contributed by atoms with E-state index in [9.17, 15) is 9.59 Å². The van der Waals surface area contributed by atoms with Crippen LogP contribution in [0.1, 0.15) is 42.6 Å². The second-order valence-electron chi connectivity index (χ2n) is 4.52. The molecular weight excluding hydrogens is 242 g/mol. The number of nitrogens with zero attached hydrogens (tertiary/aromatic N) is 2. The number of carbonyl (C=O) groups is 2. The van der Waals surface area contributed by atoms with Crippen LogP contribution in [0.15, 0.2) is 12.7 Å². The summed E-state index contributed by atoms with van der Waals surface area (Å²) in [4.78, 5) is 23.1. The van der Waals surface area contributed by atoms with Gasteiger partial charge in [-0.3, -0.25) is 19.6 Å². The minimum absolute atomic E-state index is 0.214. The van der Waals surface area contributed by atoms with Crippen molar-refractivity contribution in [3.63, 3.8) is 0 Å². The maximum atomic E-state index is 11.9. The third-order valence-corrected chi connectivity index (χ3v) is 3.25. The van der Waals surface area contributed by atoms with Crippen molar-refractivity contribution in [2.24, 2.45) is 7.05 Å². The van der Waals surface area contributed by atoms with Crippen LogP contribution in [0.25, 0.3) is 12.2 Å². The molecular formula is C14H17N3O2. The van der Waals surface area contributed by atoms with Gasteiger partial charge in [-0.2, -0.15) is 5.10 Å². The zero-order valence-corrected chi connectivity index (χ0v) is 11.1. The number of aryl methyl sites for hydroxylation is 1. The summed E-state index contributed by atoms with van der Waals surface area (Å²) in [6.45, 7) is 5.69. The quantitative estimate of drug-likeness (QED) is 0.839. The molecule has 5 heteroatoms. The lowest BCUT2D eigenvalue weighted by Gasteiger charge is -2.19. The Labute approximate surface area is 112 Å². The first-order valence-corrected chi connectivity index (χ1v) is 6.24. The Balaban J connectivity index is 2.47. The van der Waals surface area contributed by atoms with E-state index in [0.29, 0.717) is 18.5 Å². The monoisotopic (exact) mass is 259 g/mol. The number of hydrogen-bond acceptors (Lipinski definition) is 3. The molecule has 1 saturated heterocycles. The van der Waals surface area contributed by atoms with Gasteiger partial charge in [-0.15, -0.1) is 0 Å². The zero-order chi connectivity index (χ0) is 14.0. The van der Waals surface area contributed by atoms with Gasteiger partial charge in [0.05, 0.1) is 17.3 Å². The number of allylic oxidation sites excluding steroid dienone is 1. The first-order valence-electron chi connectivity index (χ1n) is 6.24. The summed E-state index contributed by atoms with van der Waals surface area (Å²) in [5, 5.41) is 6.79. The predicted octanol–water partition coefficient (Wildman–Crippen LogP) is 1.62. The molecule has 5 nitrogen and oxygen atoms in total. The van der Waals surface area contributed by atoms with Crippen molar-refractivity contribution in [2.75, 3.05) is 0 Å². The molecule has 2 rings (SSSR count). The van der Waals surface area contributed by atoms with Crippen molar-refractivity contribution in [3.8, 4) is 0 Å². The van der Waals surface area contributed by atoms with E-state index in [-0.39, 0.29) is 17.7 Å². The normalized spacial score (nSPS) is 19.8. The molecule has 1 fully saturated rings. The third-order valence-electron chi connectivity index (χ3n) is 3.25. The average Bonchev–Trinajstić information content (AvgIpc) is 2.66. The number of amides is 2. The number of piperidine rings is 1. The highest BCUT2D eigenvalue weighted by Crippen LogP contribution is 2.29. The highest BCUT2D eigenvalue weighted by atomic mass is 16.2. The topological polar surface area (TPSA) is 64.0 Å². The fourth-order valence-electron chi connectivity index (χ4n) is 2.37. The lowest BCUT2D eigenvalue weighted by atomic mass is 9.91. The van der Waals surface area contributed by atoms with Crippen molar-refractivity contribution in [2.45, 2.75) is 25.7 Å².